The van der Waals surface area contributed by atoms with E-state index in [0.717, 1.165) is 32.5 Å². The quantitative estimate of drug-likeness (QED) is 0.918. The molecule has 2 heterocycles. The second-order valence-electron chi connectivity index (χ2n) is 5.03. The van der Waals surface area contributed by atoms with Crippen LogP contribution in [0.25, 0.3) is 0 Å². The number of nitrogens with zero attached hydrogens (tertiary/aromatic N) is 3. The highest BCUT2D eigenvalue weighted by Gasteiger charge is 2.25. The summed E-state index contributed by atoms with van der Waals surface area (Å²) in [7, 11) is 1.86. The molecule has 120 valence electrons. The minimum absolute atomic E-state index is 0. The van der Waals surface area contributed by atoms with Crippen molar-refractivity contribution < 1.29 is 4.79 Å². The predicted octanol–water partition coefficient (Wildman–Crippen LogP) is 2.06. The van der Waals surface area contributed by atoms with Crippen LogP contribution < -0.4 is 5.73 Å². The molecule has 1 fully saturated rings. The van der Waals surface area contributed by atoms with Crippen molar-refractivity contribution in [2.24, 2.45) is 0 Å². The molecular weight excluding hydrogens is 311 g/mol. The van der Waals surface area contributed by atoms with Gasteiger partial charge in [-0.05, 0) is 31.5 Å². The summed E-state index contributed by atoms with van der Waals surface area (Å²) < 4.78 is 0. The maximum atomic E-state index is 12.3. The summed E-state index contributed by atoms with van der Waals surface area (Å²) in [4.78, 5) is 20.7. The van der Waals surface area contributed by atoms with Crippen molar-refractivity contribution >= 4 is 36.5 Å². The Kier molecular flexibility index (Phi) is 8.63. The fourth-order valence-electron chi connectivity index (χ4n) is 2.54. The van der Waals surface area contributed by atoms with Gasteiger partial charge in [-0.2, -0.15) is 0 Å². The van der Waals surface area contributed by atoms with E-state index in [1.807, 2.05) is 11.9 Å². The van der Waals surface area contributed by atoms with Crippen molar-refractivity contribution in [2.75, 3.05) is 32.4 Å². The summed E-state index contributed by atoms with van der Waals surface area (Å²) in [5, 5.41) is 0. The van der Waals surface area contributed by atoms with Crippen molar-refractivity contribution in [1.29, 1.82) is 0 Å². The summed E-state index contributed by atoms with van der Waals surface area (Å²) in [5.41, 5.74) is 6.05. The van der Waals surface area contributed by atoms with Crippen molar-refractivity contribution in [3.05, 3.63) is 23.9 Å². The number of likely N-dealkylation sites (tertiary alicyclic amines) is 1. The lowest BCUT2D eigenvalue weighted by Crippen LogP contribution is -2.45. The van der Waals surface area contributed by atoms with Gasteiger partial charge in [-0.1, -0.05) is 13.0 Å². The molecule has 1 aliphatic heterocycles. The largest absolute Gasteiger partial charge is 0.384 e. The Labute approximate surface area is 138 Å². The third-order valence-electron chi connectivity index (χ3n) is 3.86. The van der Waals surface area contributed by atoms with Crippen LogP contribution in [-0.2, 0) is 0 Å². The first kappa shape index (κ1) is 20.0. The van der Waals surface area contributed by atoms with Crippen LogP contribution >= 0.6 is 24.8 Å². The van der Waals surface area contributed by atoms with Crippen molar-refractivity contribution in [2.45, 2.75) is 25.8 Å². The third kappa shape index (κ3) is 5.02. The molecule has 7 heteroatoms. The van der Waals surface area contributed by atoms with Crippen LogP contribution in [0.3, 0.4) is 0 Å². The van der Waals surface area contributed by atoms with Crippen LogP contribution in [0.15, 0.2) is 18.2 Å². The maximum Gasteiger partial charge on any atom is 0.272 e. The highest BCUT2D eigenvalue weighted by Crippen LogP contribution is 2.17. The van der Waals surface area contributed by atoms with Crippen LogP contribution in [0.4, 0.5) is 5.82 Å². The lowest BCUT2D eigenvalue weighted by Gasteiger charge is -2.36. The predicted molar refractivity (Wildman–Crippen MR) is 90.4 cm³/mol. The van der Waals surface area contributed by atoms with Crippen LogP contribution in [0.2, 0.25) is 0 Å². The highest BCUT2D eigenvalue weighted by molar-refractivity contribution is 5.92. The van der Waals surface area contributed by atoms with Crippen LogP contribution in [0.5, 0.6) is 0 Å². The molecule has 1 saturated heterocycles. The Balaban J connectivity index is 0.00000200. The van der Waals surface area contributed by atoms with Gasteiger partial charge in [-0.3, -0.25) is 4.79 Å². The van der Waals surface area contributed by atoms with E-state index in [1.165, 1.54) is 0 Å². The number of hydrogen-bond donors (Lipinski definition) is 1. The molecule has 0 atom stereocenters. The molecule has 2 rings (SSSR count). The molecule has 1 aliphatic rings. The van der Waals surface area contributed by atoms with Gasteiger partial charge in [0, 0.05) is 26.2 Å². The fourth-order valence-corrected chi connectivity index (χ4v) is 2.54. The van der Waals surface area contributed by atoms with E-state index in [1.54, 1.807) is 18.2 Å². The molecular formula is C14H24Cl2N4O. The van der Waals surface area contributed by atoms with Crippen LogP contribution in [0.1, 0.15) is 30.3 Å². The summed E-state index contributed by atoms with van der Waals surface area (Å²) in [6, 6.07) is 5.48. The van der Waals surface area contributed by atoms with E-state index in [2.05, 4.69) is 16.8 Å². The first-order chi connectivity index (χ1) is 9.11. The lowest BCUT2D eigenvalue weighted by molar-refractivity contribution is 0.0641. The van der Waals surface area contributed by atoms with Gasteiger partial charge in [0.15, 0.2) is 0 Å². The zero-order valence-corrected chi connectivity index (χ0v) is 14.1. The summed E-state index contributed by atoms with van der Waals surface area (Å²) >= 11 is 0. The SMILES string of the molecule is CCN1CCC(N(C)C(=O)c2cccc(N)n2)CC1.Cl.Cl. The van der Waals surface area contributed by atoms with Gasteiger partial charge in [-0.25, -0.2) is 4.98 Å². The van der Waals surface area contributed by atoms with Gasteiger partial charge in [0.25, 0.3) is 5.91 Å². The molecule has 0 saturated carbocycles. The van der Waals surface area contributed by atoms with Gasteiger partial charge in [0.2, 0.25) is 0 Å². The van der Waals surface area contributed by atoms with Crippen LogP contribution in [0, 0.1) is 0 Å². The highest BCUT2D eigenvalue weighted by atomic mass is 35.5. The summed E-state index contributed by atoms with van der Waals surface area (Å²) in [6.07, 6.45) is 2.05. The number of nitrogen functional groups attached to an aromatic ring is 1. The average molecular weight is 335 g/mol. The Morgan fingerprint density at radius 2 is 2.00 bits per heavy atom. The smallest absolute Gasteiger partial charge is 0.272 e. The fraction of sp³-hybridized carbons (Fsp3) is 0.571. The van der Waals surface area contributed by atoms with E-state index in [0.29, 0.717) is 17.6 Å². The molecule has 0 unspecified atom stereocenters. The zero-order chi connectivity index (χ0) is 13.8. The van der Waals surface area contributed by atoms with Gasteiger partial charge < -0.3 is 15.5 Å². The number of pyridine rings is 1. The molecule has 0 spiro atoms. The van der Waals surface area contributed by atoms with Gasteiger partial charge >= 0.3 is 0 Å². The van der Waals surface area contributed by atoms with Gasteiger partial charge in [-0.15, -0.1) is 24.8 Å². The number of carbonyl (C=O) groups excluding carboxylic acids is 1. The zero-order valence-electron chi connectivity index (χ0n) is 12.5. The summed E-state index contributed by atoms with van der Waals surface area (Å²) in [5.74, 6) is 0.349. The van der Waals surface area contributed by atoms with E-state index in [4.69, 9.17) is 5.73 Å². The first-order valence-electron chi connectivity index (χ1n) is 6.84. The number of amides is 1. The lowest BCUT2D eigenvalue weighted by atomic mass is 10.0. The average Bonchev–Trinajstić information content (AvgIpc) is 2.46. The Morgan fingerprint density at radius 3 is 2.52 bits per heavy atom. The Hall–Kier alpha value is -1.04. The van der Waals surface area contributed by atoms with E-state index < -0.39 is 0 Å². The molecule has 5 nitrogen and oxygen atoms in total. The standard InChI is InChI=1S/C14H22N4O.2ClH/c1-3-18-9-7-11(8-10-18)17(2)14(19)12-5-4-6-13(15)16-12;;/h4-6,11H,3,7-10H2,1-2H3,(H2,15,16);2*1H. The molecule has 1 amide bonds. The van der Waals surface area contributed by atoms with Gasteiger partial charge in [0.05, 0.1) is 0 Å². The molecule has 1 aromatic rings. The number of rotatable bonds is 3. The van der Waals surface area contributed by atoms with Crippen LogP contribution in [-0.4, -0.2) is 53.4 Å². The van der Waals surface area contributed by atoms with E-state index in [-0.39, 0.29) is 30.7 Å². The Bertz CT molecular complexity index is 450. The van der Waals surface area contributed by atoms with Gasteiger partial charge in [0.1, 0.15) is 11.5 Å². The molecule has 1 aromatic heterocycles. The molecule has 0 radical (unpaired) electrons. The van der Waals surface area contributed by atoms with Crippen molar-refractivity contribution in [3.8, 4) is 0 Å². The van der Waals surface area contributed by atoms with Crippen molar-refractivity contribution in [3.63, 3.8) is 0 Å². The topological polar surface area (TPSA) is 62.5 Å². The number of halogens is 2. The monoisotopic (exact) mass is 334 g/mol. The minimum atomic E-state index is -0.0396. The molecule has 0 bridgehead atoms. The van der Waals surface area contributed by atoms with Crippen molar-refractivity contribution in [1.82, 2.24) is 14.8 Å². The number of aromatic nitrogens is 1. The molecule has 0 aliphatic carbocycles. The second-order valence-corrected chi connectivity index (χ2v) is 5.03. The first-order valence-corrected chi connectivity index (χ1v) is 6.84. The molecule has 0 aromatic carbocycles. The number of piperidine rings is 1. The Morgan fingerprint density at radius 1 is 1.38 bits per heavy atom. The normalized spacial score (nSPS) is 15.7. The number of anilines is 1. The minimum Gasteiger partial charge on any atom is -0.384 e. The number of hydrogen-bond acceptors (Lipinski definition) is 4. The summed E-state index contributed by atoms with van der Waals surface area (Å²) in [6.45, 7) is 5.37. The maximum absolute atomic E-state index is 12.3. The molecule has 2 N–H and O–H groups in total. The molecule has 21 heavy (non-hydrogen) atoms. The second kappa shape index (κ2) is 9.07. The number of carbonyl (C=O) groups is 1. The van der Waals surface area contributed by atoms with E-state index >= 15 is 0 Å². The van der Waals surface area contributed by atoms with E-state index in [9.17, 15) is 4.79 Å². The third-order valence-corrected chi connectivity index (χ3v) is 3.86. The number of nitrogens with two attached hydrogens (primary N) is 1.